The first-order valence-electron chi connectivity index (χ1n) is 19.7. The van der Waals surface area contributed by atoms with E-state index in [1.54, 1.807) is 62.4 Å². The van der Waals surface area contributed by atoms with Gasteiger partial charge in [-0.1, -0.05) is 6.08 Å². The third kappa shape index (κ3) is 7.71. The smallest absolute Gasteiger partial charge is 0.335 e. The van der Waals surface area contributed by atoms with Crippen LogP contribution >= 0.6 is 0 Å². The molecule has 1 aromatic heterocycles. The number of benzene rings is 4. The minimum Gasteiger partial charge on any atom is -0.494 e. The van der Waals surface area contributed by atoms with Crippen LogP contribution in [0.5, 0.6) is 5.88 Å². The van der Waals surface area contributed by atoms with E-state index in [4.69, 9.17) is 0 Å². The highest BCUT2D eigenvalue weighted by Gasteiger charge is 2.32. The molecule has 0 unspecified atom stereocenters. The Balaban J connectivity index is 1.31. The molecule has 3 amide bonds. The fourth-order valence-corrected chi connectivity index (χ4v) is 7.54. The third-order valence-corrected chi connectivity index (χ3v) is 10.7. The van der Waals surface area contributed by atoms with Crippen LogP contribution in [0.15, 0.2) is 118 Å². The largest absolute Gasteiger partial charge is 0.494 e. The molecule has 18 heteroatoms. The van der Waals surface area contributed by atoms with E-state index in [0.29, 0.717) is 28.3 Å². The summed E-state index contributed by atoms with van der Waals surface area (Å²) in [6.07, 6.45) is 4.43. The van der Waals surface area contributed by atoms with E-state index in [-0.39, 0.29) is 79.0 Å². The van der Waals surface area contributed by atoms with Crippen molar-refractivity contribution in [3.63, 3.8) is 0 Å². The second-order valence-corrected chi connectivity index (χ2v) is 14.9. The van der Waals surface area contributed by atoms with Crippen LogP contribution in [0.3, 0.4) is 0 Å². The lowest BCUT2D eigenvalue weighted by Gasteiger charge is -2.18. The van der Waals surface area contributed by atoms with Gasteiger partial charge < -0.3 is 26.0 Å². The molecule has 324 valence electrons. The number of carbonyl (C=O) groups is 5. The molecular formula is C47H36N8O10. The van der Waals surface area contributed by atoms with Crippen molar-refractivity contribution in [1.82, 2.24) is 18.9 Å². The summed E-state index contributed by atoms with van der Waals surface area (Å²) in [4.78, 5) is 89.6. The number of aromatic nitrogens is 4. The number of fused-ring (bicyclic) bond motifs is 2. The molecule has 0 fully saturated rings. The summed E-state index contributed by atoms with van der Waals surface area (Å²) in [5.41, 5.74) is 1.87. The summed E-state index contributed by atoms with van der Waals surface area (Å²) < 4.78 is 3.69. The van der Waals surface area contributed by atoms with Gasteiger partial charge in [-0.2, -0.15) is 9.69 Å². The van der Waals surface area contributed by atoms with E-state index in [2.05, 4.69) is 20.8 Å². The van der Waals surface area contributed by atoms with Crippen LogP contribution in [0, 0.1) is 13.8 Å². The van der Waals surface area contributed by atoms with Crippen molar-refractivity contribution in [2.75, 3.05) is 15.6 Å². The highest BCUT2D eigenvalue weighted by Crippen LogP contribution is 2.36. The van der Waals surface area contributed by atoms with E-state index in [0.717, 1.165) is 9.69 Å². The number of hydrogen-bond acceptors (Lipinski definition) is 10. The van der Waals surface area contributed by atoms with Crippen LogP contribution in [0.25, 0.3) is 40.6 Å². The lowest BCUT2D eigenvalue weighted by Crippen LogP contribution is -2.45. The van der Waals surface area contributed by atoms with Gasteiger partial charge in [0.2, 0.25) is 17.7 Å². The summed E-state index contributed by atoms with van der Waals surface area (Å²) >= 11 is 0. The quantitative estimate of drug-likeness (QED) is 0.127. The Morgan fingerprint density at radius 3 is 1.62 bits per heavy atom. The second-order valence-electron chi connectivity index (χ2n) is 14.9. The first-order chi connectivity index (χ1) is 31.0. The molecule has 8 rings (SSSR count). The van der Waals surface area contributed by atoms with Gasteiger partial charge in [-0.05, 0) is 134 Å². The molecule has 3 aliphatic rings. The van der Waals surface area contributed by atoms with Gasteiger partial charge in [-0.25, -0.2) is 9.59 Å². The highest BCUT2D eigenvalue weighted by atomic mass is 16.4. The molecule has 18 nitrogen and oxygen atoms in total. The van der Waals surface area contributed by atoms with E-state index in [9.17, 15) is 48.9 Å². The van der Waals surface area contributed by atoms with E-state index in [1.807, 2.05) is 0 Å². The zero-order valence-corrected chi connectivity index (χ0v) is 34.9. The lowest BCUT2D eigenvalue weighted by molar-refractivity contribution is -0.115. The number of carboxylic acids is 2. The second kappa shape index (κ2) is 16.6. The standard InChI is InChI=1S/C47H36N8O10/c1-24-36(42(58)52(32-20-12-30(13-21-32)48-26(3)56)40-38(24)44(60)54(50-40)34-16-8-28(9-17-34)46(62)63)6-5-7-37-25(2)39-41(51-55(45(39)61)35-18-10-29(11-19-35)47(64)65)53(43(37)59)33-22-14-31(15-23-33)49-27(4)57/h5-23,58H,1-4H3,(H,48,56)(H,49,57)(H,62,63)(H,64,65). The number of carboxylic acid groups (broad SMARTS) is 2. The molecule has 0 spiro atoms. The first kappa shape index (κ1) is 42.5. The number of pyridine rings is 2. The summed E-state index contributed by atoms with van der Waals surface area (Å²) in [7, 11) is 0. The van der Waals surface area contributed by atoms with Crippen LogP contribution in [-0.4, -0.2) is 63.9 Å². The molecule has 3 aliphatic heterocycles. The fourth-order valence-electron chi connectivity index (χ4n) is 7.54. The zero-order valence-electron chi connectivity index (χ0n) is 34.9. The molecule has 0 radical (unpaired) electrons. The average molecular weight is 873 g/mol. The average Bonchev–Trinajstić information content (AvgIpc) is 3.80. The number of aromatic hydroxyl groups is 1. The topological polar surface area (TPSA) is 248 Å². The van der Waals surface area contributed by atoms with Crippen LogP contribution in [-0.2, 0) is 9.59 Å². The maximum Gasteiger partial charge on any atom is 0.335 e. The zero-order chi connectivity index (χ0) is 46.4. The van der Waals surface area contributed by atoms with Crippen molar-refractivity contribution >= 4 is 58.9 Å². The Bertz CT molecular complexity index is 3400. The predicted octanol–water partition coefficient (Wildman–Crippen LogP) is 4.60. The monoisotopic (exact) mass is 872 g/mol. The molecule has 0 aliphatic carbocycles. The Kier molecular flexibility index (Phi) is 10.8. The number of carbonyl (C=O) groups excluding carboxylic acids is 3. The number of rotatable bonds is 10. The van der Waals surface area contributed by atoms with Gasteiger partial charge in [-0.3, -0.25) is 33.1 Å². The lowest BCUT2D eigenvalue weighted by atomic mass is 10.0. The maximum absolute atomic E-state index is 14.6. The Morgan fingerprint density at radius 2 is 1.11 bits per heavy atom. The van der Waals surface area contributed by atoms with Gasteiger partial charge in [0.1, 0.15) is 0 Å². The summed E-state index contributed by atoms with van der Waals surface area (Å²) in [5, 5.41) is 46.5. The summed E-state index contributed by atoms with van der Waals surface area (Å²) in [5.74, 6) is -3.80. The van der Waals surface area contributed by atoms with Gasteiger partial charge in [0, 0.05) is 36.0 Å². The molecule has 5 N–H and O–H groups in total. The molecule has 65 heavy (non-hydrogen) atoms. The normalized spacial score (nSPS) is 12.4. The third-order valence-electron chi connectivity index (χ3n) is 10.7. The van der Waals surface area contributed by atoms with Gasteiger partial charge in [0.05, 0.1) is 45.0 Å². The molecule has 5 aromatic rings. The van der Waals surface area contributed by atoms with Crippen LogP contribution < -0.4 is 37.5 Å². The molecule has 0 atom stereocenters. The molecular weight excluding hydrogens is 837 g/mol. The van der Waals surface area contributed by atoms with E-state index < -0.39 is 29.0 Å². The number of allylic oxidation sites excluding steroid dienone is 1. The van der Waals surface area contributed by atoms with Crippen molar-refractivity contribution in [3.8, 4) is 34.3 Å². The van der Waals surface area contributed by atoms with Gasteiger partial charge in [-0.15, -0.1) is 10.2 Å². The van der Waals surface area contributed by atoms with Crippen molar-refractivity contribution < 1.29 is 39.3 Å². The van der Waals surface area contributed by atoms with E-state index >= 15 is 0 Å². The first-order valence-corrected chi connectivity index (χ1v) is 19.7. The van der Waals surface area contributed by atoms with Crippen LogP contribution in [0.2, 0.25) is 0 Å². The number of hydrogen-bond donors (Lipinski definition) is 5. The van der Waals surface area contributed by atoms with Gasteiger partial charge in [0.25, 0.3) is 17.0 Å². The number of nitrogens with one attached hydrogen (secondary N) is 2. The van der Waals surface area contributed by atoms with E-state index in [1.165, 1.54) is 89.7 Å². The minimum atomic E-state index is -1.16. The minimum absolute atomic E-state index is 0.00155. The van der Waals surface area contributed by atoms with Gasteiger partial charge in [0.15, 0.2) is 11.3 Å². The SMILES string of the molecule is CC(=O)Nc1ccc(-n2c3nn(-c4ccc(C(=O)O)cc4)c(=O)c-3c(C)c(C=CC=c3c(C)c4c(n(-c5ccc(NC(C)=O)cc5)c3=O)=NN(c3ccc(C(=O)O)cc3)C4=O)c2O)cc1. The molecule has 0 bridgehead atoms. The van der Waals surface area contributed by atoms with Crippen molar-refractivity contribution in [3.05, 3.63) is 168 Å². The van der Waals surface area contributed by atoms with Crippen LogP contribution in [0.1, 0.15) is 61.6 Å². The van der Waals surface area contributed by atoms with Gasteiger partial charge >= 0.3 is 11.9 Å². The Labute approximate surface area is 366 Å². The van der Waals surface area contributed by atoms with Crippen LogP contribution in [0.4, 0.5) is 17.1 Å². The number of amides is 3. The maximum atomic E-state index is 14.6. The molecule has 4 heterocycles. The predicted molar refractivity (Wildman–Crippen MR) is 239 cm³/mol. The number of nitrogens with zero attached hydrogens (tertiary/aromatic N) is 6. The Morgan fingerprint density at radius 1 is 0.615 bits per heavy atom. The van der Waals surface area contributed by atoms with Crippen molar-refractivity contribution in [1.29, 1.82) is 0 Å². The molecule has 0 saturated carbocycles. The van der Waals surface area contributed by atoms with Crippen molar-refractivity contribution in [2.45, 2.75) is 27.7 Å². The summed E-state index contributed by atoms with van der Waals surface area (Å²) in [6.45, 7) is 5.91. The summed E-state index contributed by atoms with van der Waals surface area (Å²) in [6, 6.07) is 23.8. The number of aromatic carboxylic acids is 2. The molecule has 4 aromatic carbocycles. The van der Waals surface area contributed by atoms with Crippen molar-refractivity contribution in [2.24, 2.45) is 5.10 Å². The highest BCUT2D eigenvalue weighted by molar-refractivity contribution is 6.08. The number of anilines is 3. The fraction of sp³-hybridized carbons (Fsp3) is 0.0851. The Hall–Kier alpha value is -9.19. The molecule has 0 saturated heterocycles.